The van der Waals surface area contributed by atoms with E-state index in [4.69, 9.17) is 0 Å². The number of carbonyl (C=O) groups excluding carboxylic acids is 1. The molecule has 8 heteroatoms. The summed E-state index contributed by atoms with van der Waals surface area (Å²) in [5, 5.41) is 13.5. The molecule has 0 unspecified atom stereocenters. The van der Waals surface area contributed by atoms with E-state index in [0.29, 0.717) is 36.2 Å². The van der Waals surface area contributed by atoms with Gasteiger partial charge in [0.1, 0.15) is 11.6 Å². The van der Waals surface area contributed by atoms with Crippen LogP contribution in [0.1, 0.15) is 17.5 Å². The van der Waals surface area contributed by atoms with Crippen LogP contribution < -0.4 is 10.2 Å². The molecule has 0 spiro atoms. The second kappa shape index (κ2) is 7.07. The molecule has 0 radical (unpaired) electrons. The number of hydrogen-bond donors (Lipinski definition) is 1. The van der Waals surface area contributed by atoms with E-state index < -0.39 is 22.5 Å². The number of benzene rings is 2. The molecule has 136 valence electrons. The van der Waals surface area contributed by atoms with E-state index in [1.54, 1.807) is 17.9 Å². The van der Waals surface area contributed by atoms with Gasteiger partial charge in [-0.05, 0) is 37.0 Å². The number of fused-ring (bicyclic) bond motifs is 1. The van der Waals surface area contributed by atoms with Crippen molar-refractivity contribution in [3.05, 3.63) is 63.2 Å². The predicted octanol–water partition coefficient (Wildman–Crippen LogP) is 3.57. The Bertz CT molecular complexity index is 886. The topological polar surface area (TPSA) is 75.5 Å². The quantitative estimate of drug-likeness (QED) is 0.667. The number of nitro benzene ring substituents is 1. The van der Waals surface area contributed by atoms with E-state index in [-0.39, 0.29) is 17.9 Å². The standard InChI is InChI=1S/C18H17F2N3O3/c1-11-4-5-14(23(25)26)9-16(11)21-17(24)10-22-6-2-3-12-7-13(19)8-15(20)18(12)22/h4-5,7-9H,2-3,6,10H2,1H3,(H,21,24). The average molecular weight is 361 g/mol. The van der Waals surface area contributed by atoms with Crippen LogP contribution in [0.15, 0.2) is 30.3 Å². The molecule has 6 nitrogen and oxygen atoms in total. The third kappa shape index (κ3) is 3.63. The van der Waals surface area contributed by atoms with E-state index in [2.05, 4.69) is 5.32 Å². The smallest absolute Gasteiger partial charge is 0.271 e. The van der Waals surface area contributed by atoms with Gasteiger partial charge in [-0.2, -0.15) is 0 Å². The van der Waals surface area contributed by atoms with E-state index in [9.17, 15) is 23.7 Å². The molecule has 2 aromatic rings. The van der Waals surface area contributed by atoms with Crippen molar-refractivity contribution in [2.24, 2.45) is 0 Å². The Morgan fingerprint density at radius 3 is 2.81 bits per heavy atom. The van der Waals surface area contributed by atoms with Gasteiger partial charge in [0.2, 0.25) is 5.91 Å². The van der Waals surface area contributed by atoms with Gasteiger partial charge in [0.15, 0.2) is 0 Å². The van der Waals surface area contributed by atoms with Crippen LogP contribution in [0.5, 0.6) is 0 Å². The Morgan fingerprint density at radius 2 is 2.08 bits per heavy atom. The molecule has 0 saturated carbocycles. The highest BCUT2D eigenvalue weighted by molar-refractivity contribution is 5.95. The van der Waals surface area contributed by atoms with Crippen LogP contribution in [0.2, 0.25) is 0 Å². The first-order chi connectivity index (χ1) is 12.3. The van der Waals surface area contributed by atoms with Crippen LogP contribution >= 0.6 is 0 Å². The largest absolute Gasteiger partial charge is 0.360 e. The first-order valence-electron chi connectivity index (χ1n) is 8.13. The van der Waals surface area contributed by atoms with Gasteiger partial charge in [-0.25, -0.2) is 8.78 Å². The Hall–Kier alpha value is -3.03. The van der Waals surface area contributed by atoms with E-state index in [1.807, 2.05) is 0 Å². The maximum atomic E-state index is 14.2. The molecule has 0 aromatic heterocycles. The Balaban J connectivity index is 1.78. The lowest BCUT2D eigenvalue weighted by molar-refractivity contribution is -0.384. The summed E-state index contributed by atoms with van der Waals surface area (Å²) < 4.78 is 27.6. The molecule has 3 rings (SSSR count). The molecule has 0 aliphatic carbocycles. The highest BCUT2D eigenvalue weighted by atomic mass is 19.1. The Morgan fingerprint density at radius 1 is 1.31 bits per heavy atom. The number of nitrogens with one attached hydrogen (secondary N) is 1. The number of carbonyl (C=O) groups is 1. The van der Waals surface area contributed by atoms with Crippen LogP contribution in [0.3, 0.4) is 0 Å². The minimum Gasteiger partial charge on any atom is -0.360 e. The molecule has 1 aliphatic rings. The van der Waals surface area contributed by atoms with Gasteiger partial charge in [0.05, 0.1) is 22.8 Å². The molecule has 0 fully saturated rings. The summed E-state index contributed by atoms with van der Waals surface area (Å²) in [6.45, 7) is 2.06. The molecule has 1 aliphatic heterocycles. The Labute approximate surface area is 148 Å². The fourth-order valence-electron chi connectivity index (χ4n) is 3.12. The lowest BCUT2D eigenvalue weighted by Crippen LogP contribution is -2.37. The van der Waals surface area contributed by atoms with Gasteiger partial charge < -0.3 is 10.2 Å². The number of nitro groups is 1. The maximum absolute atomic E-state index is 14.2. The zero-order valence-corrected chi connectivity index (χ0v) is 14.1. The summed E-state index contributed by atoms with van der Waals surface area (Å²) >= 11 is 0. The summed E-state index contributed by atoms with van der Waals surface area (Å²) in [6.07, 6.45) is 1.23. The fourth-order valence-corrected chi connectivity index (χ4v) is 3.12. The number of nitrogens with zero attached hydrogens (tertiary/aromatic N) is 2. The summed E-state index contributed by atoms with van der Waals surface area (Å²) in [5.41, 5.74) is 1.66. The number of rotatable bonds is 4. The van der Waals surface area contributed by atoms with Crippen molar-refractivity contribution in [2.45, 2.75) is 19.8 Å². The van der Waals surface area contributed by atoms with Gasteiger partial charge in [0.25, 0.3) is 5.69 Å². The zero-order valence-electron chi connectivity index (χ0n) is 14.1. The third-order valence-corrected chi connectivity index (χ3v) is 4.34. The first-order valence-corrected chi connectivity index (χ1v) is 8.13. The second-order valence-corrected chi connectivity index (χ2v) is 6.22. The van der Waals surface area contributed by atoms with Gasteiger partial charge in [0, 0.05) is 24.7 Å². The van der Waals surface area contributed by atoms with Crippen molar-refractivity contribution < 1.29 is 18.5 Å². The minimum atomic E-state index is -0.695. The van der Waals surface area contributed by atoms with Gasteiger partial charge in [-0.15, -0.1) is 0 Å². The highest BCUT2D eigenvalue weighted by Gasteiger charge is 2.24. The molecule has 0 bridgehead atoms. The molecule has 2 aromatic carbocycles. The van der Waals surface area contributed by atoms with Crippen LogP contribution in [0, 0.1) is 28.7 Å². The summed E-state index contributed by atoms with van der Waals surface area (Å²) in [6, 6.07) is 6.28. The third-order valence-electron chi connectivity index (χ3n) is 4.34. The maximum Gasteiger partial charge on any atom is 0.271 e. The monoisotopic (exact) mass is 361 g/mol. The van der Waals surface area contributed by atoms with Crippen molar-refractivity contribution in [1.82, 2.24) is 0 Å². The predicted molar refractivity (Wildman–Crippen MR) is 93.4 cm³/mol. The molecular weight excluding hydrogens is 344 g/mol. The number of halogens is 2. The molecule has 1 heterocycles. The molecule has 1 amide bonds. The van der Waals surface area contributed by atoms with E-state index >= 15 is 0 Å². The number of anilines is 2. The lowest BCUT2D eigenvalue weighted by atomic mass is 10.0. The molecule has 26 heavy (non-hydrogen) atoms. The molecule has 0 saturated heterocycles. The van der Waals surface area contributed by atoms with Crippen LogP contribution in [0.4, 0.5) is 25.8 Å². The van der Waals surface area contributed by atoms with Gasteiger partial charge in [-0.1, -0.05) is 6.07 Å². The average Bonchev–Trinajstić information content (AvgIpc) is 2.56. The Kier molecular flexibility index (Phi) is 4.83. The fraction of sp³-hybridized carbons (Fsp3) is 0.278. The van der Waals surface area contributed by atoms with Crippen molar-refractivity contribution in [3.63, 3.8) is 0 Å². The summed E-state index contributed by atoms with van der Waals surface area (Å²) in [4.78, 5) is 24.3. The summed E-state index contributed by atoms with van der Waals surface area (Å²) in [7, 11) is 0. The summed E-state index contributed by atoms with van der Waals surface area (Å²) in [5.74, 6) is -1.76. The number of aryl methyl sites for hydroxylation is 2. The van der Waals surface area contributed by atoms with E-state index in [1.165, 1.54) is 18.2 Å². The molecular formula is C18H17F2N3O3. The van der Waals surface area contributed by atoms with Crippen LogP contribution in [-0.2, 0) is 11.2 Å². The number of amides is 1. The van der Waals surface area contributed by atoms with E-state index in [0.717, 1.165) is 6.07 Å². The van der Waals surface area contributed by atoms with Crippen molar-refractivity contribution >= 4 is 23.0 Å². The highest BCUT2D eigenvalue weighted by Crippen LogP contribution is 2.31. The van der Waals surface area contributed by atoms with Crippen molar-refractivity contribution in [1.29, 1.82) is 0 Å². The normalized spacial score (nSPS) is 13.3. The second-order valence-electron chi connectivity index (χ2n) is 6.22. The molecule has 0 atom stereocenters. The lowest BCUT2D eigenvalue weighted by Gasteiger charge is -2.31. The number of hydrogen-bond acceptors (Lipinski definition) is 4. The first kappa shape index (κ1) is 17.8. The van der Waals surface area contributed by atoms with Crippen molar-refractivity contribution in [3.8, 4) is 0 Å². The number of non-ortho nitro benzene ring substituents is 1. The van der Waals surface area contributed by atoms with Crippen LogP contribution in [0.25, 0.3) is 0 Å². The van der Waals surface area contributed by atoms with Crippen molar-refractivity contribution in [2.75, 3.05) is 23.3 Å². The molecule has 1 N–H and O–H groups in total. The minimum absolute atomic E-state index is 0.127. The SMILES string of the molecule is Cc1ccc([N+](=O)[O-])cc1NC(=O)CN1CCCc2cc(F)cc(F)c21. The van der Waals surface area contributed by atoms with Gasteiger partial charge in [-0.3, -0.25) is 14.9 Å². The zero-order chi connectivity index (χ0) is 18.8. The van der Waals surface area contributed by atoms with Crippen LogP contribution in [-0.4, -0.2) is 23.9 Å². The van der Waals surface area contributed by atoms with Gasteiger partial charge >= 0.3 is 0 Å².